The van der Waals surface area contributed by atoms with Gasteiger partial charge in [0.1, 0.15) is 0 Å². The first-order valence-corrected chi connectivity index (χ1v) is 7.04. The summed E-state index contributed by atoms with van der Waals surface area (Å²) in [6, 6.07) is 1.17. The molecule has 0 unspecified atom stereocenters. The van der Waals surface area contributed by atoms with E-state index in [1.54, 1.807) is 11.3 Å². The van der Waals surface area contributed by atoms with Gasteiger partial charge in [0.25, 0.3) is 0 Å². The molecule has 0 radical (unpaired) electrons. The van der Waals surface area contributed by atoms with E-state index in [0.29, 0.717) is 6.04 Å². The highest BCUT2D eigenvalue weighted by molar-refractivity contribution is 7.09. The second kappa shape index (κ2) is 5.75. The molecular formula is C12H21N3S. The molecule has 1 saturated carbocycles. The zero-order valence-electron chi connectivity index (χ0n) is 9.93. The van der Waals surface area contributed by atoms with Gasteiger partial charge >= 0.3 is 0 Å². The Morgan fingerprint density at radius 3 is 2.75 bits per heavy atom. The predicted molar refractivity (Wildman–Crippen MR) is 68.4 cm³/mol. The molecule has 1 aromatic rings. The Morgan fingerprint density at radius 2 is 2.19 bits per heavy atom. The van der Waals surface area contributed by atoms with Gasteiger partial charge in [-0.15, -0.1) is 11.3 Å². The molecular weight excluding hydrogens is 218 g/mol. The summed E-state index contributed by atoms with van der Waals surface area (Å²) in [5.74, 6) is 0. The van der Waals surface area contributed by atoms with E-state index in [0.717, 1.165) is 19.1 Å². The van der Waals surface area contributed by atoms with Crippen LogP contribution in [0.15, 0.2) is 11.7 Å². The van der Waals surface area contributed by atoms with E-state index in [2.05, 4.69) is 16.8 Å². The van der Waals surface area contributed by atoms with E-state index < -0.39 is 0 Å². The van der Waals surface area contributed by atoms with Crippen LogP contribution < -0.4 is 5.73 Å². The van der Waals surface area contributed by atoms with E-state index in [1.807, 2.05) is 11.7 Å². The number of aromatic nitrogens is 1. The summed E-state index contributed by atoms with van der Waals surface area (Å²) >= 11 is 1.75. The minimum atomic E-state index is 0.443. The zero-order valence-corrected chi connectivity index (χ0v) is 10.7. The number of rotatable bonds is 4. The molecule has 2 N–H and O–H groups in total. The molecule has 3 nitrogen and oxygen atoms in total. The van der Waals surface area contributed by atoms with Crippen LogP contribution in [0.1, 0.15) is 37.5 Å². The smallest absolute Gasteiger partial charge is 0.0794 e. The van der Waals surface area contributed by atoms with Crippen LogP contribution in [0, 0.1) is 0 Å². The Balaban J connectivity index is 1.89. The monoisotopic (exact) mass is 239 g/mol. The molecule has 0 atom stereocenters. The number of thiazole rings is 1. The van der Waals surface area contributed by atoms with Crippen molar-refractivity contribution in [2.75, 3.05) is 6.54 Å². The van der Waals surface area contributed by atoms with Gasteiger partial charge in [-0.05, 0) is 32.2 Å². The molecule has 0 aliphatic heterocycles. The van der Waals surface area contributed by atoms with Crippen molar-refractivity contribution in [2.45, 2.75) is 51.2 Å². The van der Waals surface area contributed by atoms with Crippen LogP contribution in [0.4, 0.5) is 0 Å². The SMILES string of the molecule is CCN(Cc1cncs1)C1CCC(N)CC1. The van der Waals surface area contributed by atoms with Gasteiger partial charge in [-0.25, -0.2) is 0 Å². The number of nitrogens with two attached hydrogens (primary N) is 1. The van der Waals surface area contributed by atoms with E-state index >= 15 is 0 Å². The summed E-state index contributed by atoms with van der Waals surface area (Å²) in [4.78, 5) is 8.08. The lowest BCUT2D eigenvalue weighted by Crippen LogP contribution is -2.40. The molecule has 0 amide bonds. The van der Waals surface area contributed by atoms with Crippen molar-refractivity contribution in [3.05, 3.63) is 16.6 Å². The van der Waals surface area contributed by atoms with Crippen LogP contribution in [0.25, 0.3) is 0 Å². The van der Waals surface area contributed by atoms with Crippen molar-refractivity contribution >= 4 is 11.3 Å². The normalized spacial score (nSPS) is 26.2. The van der Waals surface area contributed by atoms with Gasteiger partial charge in [0, 0.05) is 29.7 Å². The number of nitrogens with zero attached hydrogens (tertiary/aromatic N) is 2. The Morgan fingerprint density at radius 1 is 1.44 bits per heavy atom. The Kier molecular flexibility index (Phi) is 4.32. The van der Waals surface area contributed by atoms with Crippen molar-refractivity contribution in [3.8, 4) is 0 Å². The fourth-order valence-corrected chi connectivity index (χ4v) is 3.11. The second-order valence-electron chi connectivity index (χ2n) is 4.60. The summed E-state index contributed by atoms with van der Waals surface area (Å²) in [5.41, 5.74) is 7.86. The first-order valence-electron chi connectivity index (χ1n) is 6.16. The highest BCUT2D eigenvalue weighted by Crippen LogP contribution is 2.24. The third kappa shape index (κ3) is 3.03. The second-order valence-corrected chi connectivity index (χ2v) is 5.57. The molecule has 90 valence electrons. The zero-order chi connectivity index (χ0) is 11.4. The Hall–Kier alpha value is -0.450. The molecule has 0 aromatic carbocycles. The summed E-state index contributed by atoms with van der Waals surface area (Å²) in [6.45, 7) is 4.43. The van der Waals surface area contributed by atoms with E-state index in [1.165, 1.54) is 30.6 Å². The number of hydrogen-bond donors (Lipinski definition) is 1. The van der Waals surface area contributed by atoms with Crippen molar-refractivity contribution in [1.29, 1.82) is 0 Å². The van der Waals surface area contributed by atoms with Gasteiger partial charge in [0.2, 0.25) is 0 Å². The minimum absolute atomic E-state index is 0.443. The molecule has 0 spiro atoms. The first kappa shape index (κ1) is 12.0. The maximum absolute atomic E-state index is 5.95. The summed E-state index contributed by atoms with van der Waals surface area (Å²) in [7, 11) is 0. The summed E-state index contributed by atoms with van der Waals surface area (Å²) in [5, 5.41) is 0. The van der Waals surface area contributed by atoms with Crippen LogP contribution in [0.2, 0.25) is 0 Å². The molecule has 2 rings (SSSR count). The lowest BCUT2D eigenvalue weighted by Gasteiger charge is -2.35. The molecule has 0 bridgehead atoms. The van der Waals surface area contributed by atoms with Crippen molar-refractivity contribution < 1.29 is 0 Å². The standard InChI is InChI=1S/C12H21N3S/c1-2-15(8-12-7-14-9-16-12)11-5-3-10(13)4-6-11/h7,9-11H,2-6,8,13H2,1H3. The topological polar surface area (TPSA) is 42.2 Å². The van der Waals surface area contributed by atoms with Crippen LogP contribution in [0.3, 0.4) is 0 Å². The fourth-order valence-electron chi connectivity index (χ4n) is 2.49. The van der Waals surface area contributed by atoms with E-state index in [9.17, 15) is 0 Å². The van der Waals surface area contributed by atoms with Crippen molar-refractivity contribution in [1.82, 2.24) is 9.88 Å². The van der Waals surface area contributed by atoms with E-state index in [4.69, 9.17) is 5.73 Å². The lowest BCUT2D eigenvalue weighted by molar-refractivity contribution is 0.150. The van der Waals surface area contributed by atoms with Crippen LogP contribution in [-0.2, 0) is 6.54 Å². The largest absolute Gasteiger partial charge is 0.328 e. The molecule has 1 aliphatic carbocycles. The molecule has 1 aliphatic rings. The summed E-state index contributed by atoms with van der Waals surface area (Å²) < 4.78 is 0. The lowest BCUT2D eigenvalue weighted by atomic mass is 9.91. The first-order chi connectivity index (χ1) is 7.79. The molecule has 16 heavy (non-hydrogen) atoms. The van der Waals surface area contributed by atoms with Crippen LogP contribution in [-0.4, -0.2) is 28.5 Å². The average molecular weight is 239 g/mol. The number of hydrogen-bond acceptors (Lipinski definition) is 4. The predicted octanol–water partition coefficient (Wildman–Crippen LogP) is 2.23. The van der Waals surface area contributed by atoms with Gasteiger partial charge in [-0.1, -0.05) is 6.92 Å². The Bertz CT molecular complexity index is 291. The summed E-state index contributed by atoms with van der Waals surface area (Å²) in [6.07, 6.45) is 6.87. The Labute approximate surface area is 102 Å². The van der Waals surface area contributed by atoms with Gasteiger partial charge in [0.05, 0.1) is 5.51 Å². The highest BCUT2D eigenvalue weighted by atomic mass is 32.1. The van der Waals surface area contributed by atoms with Gasteiger partial charge in [-0.3, -0.25) is 9.88 Å². The van der Waals surface area contributed by atoms with Crippen LogP contribution in [0.5, 0.6) is 0 Å². The molecule has 1 heterocycles. The third-order valence-corrected chi connectivity index (χ3v) is 4.27. The molecule has 0 saturated heterocycles. The van der Waals surface area contributed by atoms with E-state index in [-0.39, 0.29) is 0 Å². The van der Waals surface area contributed by atoms with Gasteiger partial charge in [-0.2, -0.15) is 0 Å². The fraction of sp³-hybridized carbons (Fsp3) is 0.750. The quantitative estimate of drug-likeness (QED) is 0.876. The maximum Gasteiger partial charge on any atom is 0.0794 e. The van der Waals surface area contributed by atoms with Gasteiger partial charge < -0.3 is 5.73 Å². The van der Waals surface area contributed by atoms with Crippen molar-refractivity contribution in [2.24, 2.45) is 5.73 Å². The molecule has 4 heteroatoms. The molecule has 1 aromatic heterocycles. The molecule has 1 fully saturated rings. The average Bonchev–Trinajstić information content (AvgIpc) is 2.80. The van der Waals surface area contributed by atoms with Crippen molar-refractivity contribution in [3.63, 3.8) is 0 Å². The maximum atomic E-state index is 5.95. The minimum Gasteiger partial charge on any atom is -0.328 e. The van der Waals surface area contributed by atoms with Gasteiger partial charge in [0.15, 0.2) is 0 Å². The highest BCUT2D eigenvalue weighted by Gasteiger charge is 2.23. The third-order valence-electron chi connectivity index (χ3n) is 3.51. The van der Waals surface area contributed by atoms with Crippen LogP contribution >= 0.6 is 11.3 Å².